The zero-order valence-electron chi connectivity index (χ0n) is 9.93. The smallest absolute Gasteiger partial charge is 0.124 e. The van der Waals surface area contributed by atoms with Crippen LogP contribution in [0.4, 0.5) is 0 Å². The highest BCUT2D eigenvalue weighted by molar-refractivity contribution is 7.09. The number of nitrogens with two attached hydrogens (primary N) is 1. The molecule has 0 fully saturated rings. The molecule has 0 unspecified atom stereocenters. The van der Waals surface area contributed by atoms with Crippen molar-refractivity contribution < 1.29 is 4.74 Å². The molecule has 0 saturated heterocycles. The number of hydrogen-bond acceptors (Lipinski definition) is 3. The van der Waals surface area contributed by atoms with Crippen LogP contribution in [0, 0.1) is 0 Å². The van der Waals surface area contributed by atoms with E-state index in [-0.39, 0.29) is 6.04 Å². The van der Waals surface area contributed by atoms with Crippen LogP contribution in [0.15, 0.2) is 41.8 Å². The Kier molecular flexibility index (Phi) is 4.18. The molecule has 2 nitrogen and oxygen atoms in total. The van der Waals surface area contributed by atoms with Crippen molar-refractivity contribution in [2.45, 2.75) is 26.0 Å². The Balaban J connectivity index is 2.09. The lowest BCUT2D eigenvalue weighted by molar-refractivity contribution is 0.304. The van der Waals surface area contributed by atoms with E-state index < -0.39 is 0 Å². The fourth-order valence-electron chi connectivity index (χ4n) is 1.68. The maximum Gasteiger partial charge on any atom is 0.124 e. The van der Waals surface area contributed by atoms with E-state index in [0.717, 1.165) is 17.7 Å². The van der Waals surface area contributed by atoms with Crippen molar-refractivity contribution in [1.82, 2.24) is 0 Å². The SMILES string of the molecule is CC[C@@H](N)c1ccccc1OCc1cccs1. The summed E-state index contributed by atoms with van der Waals surface area (Å²) in [6.07, 6.45) is 0.916. The molecule has 1 heterocycles. The number of ether oxygens (including phenoxy) is 1. The quantitative estimate of drug-likeness (QED) is 0.873. The van der Waals surface area contributed by atoms with Crippen LogP contribution in [0.25, 0.3) is 0 Å². The third-order valence-corrected chi connectivity index (χ3v) is 3.56. The van der Waals surface area contributed by atoms with E-state index in [1.807, 2.05) is 30.3 Å². The summed E-state index contributed by atoms with van der Waals surface area (Å²) in [5.41, 5.74) is 7.16. The maximum absolute atomic E-state index is 6.07. The van der Waals surface area contributed by atoms with Gasteiger partial charge in [-0.1, -0.05) is 31.2 Å². The van der Waals surface area contributed by atoms with Gasteiger partial charge in [0.15, 0.2) is 0 Å². The van der Waals surface area contributed by atoms with E-state index in [0.29, 0.717) is 6.61 Å². The van der Waals surface area contributed by atoms with Gasteiger partial charge in [0.2, 0.25) is 0 Å². The van der Waals surface area contributed by atoms with Crippen LogP contribution in [0.3, 0.4) is 0 Å². The molecule has 2 rings (SSSR count). The first-order chi connectivity index (χ1) is 8.31. The molecule has 0 radical (unpaired) electrons. The lowest BCUT2D eigenvalue weighted by atomic mass is 10.0. The maximum atomic E-state index is 6.07. The predicted molar refractivity (Wildman–Crippen MR) is 72.3 cm³/mol. The molecule has 0 bridgehead atoms. The first kappa shape index (κ1) is 12.1. The van der Waals surface area contributed by atoms with E-state index >= 15 is 0 Å². The van der Waals surface area contributed by atoms with E-state index in [4.69, 9.17) is 10.5 Å². The zero-order valence-corrected chi connectivity index (χ0v) is 10.7. The minimum Gasteiger partial charge on any atom is -0.488 e. The van der Waals surface area contributed by atoms with Crippen molar-refractivity contribution in [1.29, 1.82) is 0 Å². The van der Waals surface area contributed by atoms with Crippen LogP contribution < -0.4 is 10.5 Å². The second kappa shape index (κ2) is 5.84. The van der Waals surface area contributed by atoms with Gasteiger partial charge in [0.1, 0.15) is 12.4 Å². The molecule has 0 saturated carbocycles. The summed E-state index contributed by atoms with van der Waals surface area (Å²) in [5, 5.41) is 2.06. The van der Waals surface area contributed by atoms with Gasteiger partial charge >= 0.3 is 0 Å². The van der Waals surface area contributed by atoms with Crippen molar-refractivity contribution in [3.8, 4) is 5.75 Å². The Morgan fingerprint density at radius 2 is 2.06 bits per heavy atom. The second-order valence-electron chi connectivity index (χ2n) is 3.92. The van der Waals surface area contributed by atoms with Gasteiger partial charge in [-0.15, -0.1) is 11.3 Å². The second-order valence-corrected chi connectivity index (χ2v) is 4.95. The summed E-state index contributed by atoms with van der Waals surface area (Å²) < 4.78 is 5.83. The molecule has 1 aromatic heterocycles. The summed E-state index contributed by atoms with van der Waals surface area (Å²) in [7, 11) is 0. The Bertz CT molecular complexity index is 453. The molecule has 1 atom stereocenters. The molecule has 90 valence electrons. The number of benzene rings is 1. The number of para-hydroxylation sites is 1. The van der Waals surface area contributed by atoms with Gasteiger partial charge in [0.25, 0.3) is 0 Å². The van der Waals surface area contributed by atoms with E-state index in [1.165, 1.54) is 4.88 Å². The van der Waals surface area contributed by atoms with Gasteiger partial charge in [-0.2, -0.15) is 0 Å². The first-order valence-electron chi connectivity index (χ1n) is 5.81. The topological polar surface area (TPSA) is 35.2 Å². The monoisotopic (exact) mass is 247 g/mol. The van der Waals surface area contributed by atoms with Crippen LogP contribution >= 0.6 is 11.3 Å². The van der Waals surface area contributed by atoms with Crippen LogP contribution in [0.2, 0.25) is 0 Å². The van der Waals surface area contributed by atoms with Gasteiger partial charge in [0, 0.05) is 16.5 Å². The fourth-order valence-corrected chi connectivity index (χ4v) is 2.30. The Morgan fingerprint density at radius 1 is 1.24 bits per heavy atom. The normalized spacial score (nSPS) is 12.4. The van der Waals surface area contributed by atoms with Crippen LogP contribution in [0.1, 0.15) is 29.8 Å². The molecular formula is C14H17NOS. The molecule has 17 heavy (non-hydrogen) atoms. The van der Waals surface area contributed by atoms with Crippen molar-refractivity contribution >= 4 is 11.3 Å². The lowest BCUT2D eigenvalue weighted by Gasteiger charge is -2.15. The Labute approximate surface area is 106 Å². The Hall–Kier alpha value is -1.32. The third-order valence-electron chi connectivity index (χ3n) is 2.71. The van der Waals surface area contributed by atoms with Gasteiger partial charge in [0.05, 0.1) is 0 Å². The van der Waals surface area contributed by atoms with E-state index in [9.17, 15) is 0 Å². The molecule has 0 amide bonds. The summed E-state index contributed by atoms with van der Waals surface area (Å²) in [6.45, 7) is 2.70. The molecule has 0 aliphatic carbocycles. The van der Waals surface area contributed by atoms with Crippen molar-refractivity contribution in [2.75, 3.05) is 0 Å². The van der Waals surface area contributed by atoms with Gasteiger partial charge < -0.3 is 10.5 Å². The highest BCUT2D eigenvalue weighted by Crippen LogP contribution is 2.26. The van der Waals surface area contributed by atoms with E-state index in [2.05, 4.69) is 18.4 Å². The van der Waals surface area contributed by atoms with Crippen molar-refractivity contribution in [3.63, 3.8) is 0 Å². The fraction of sp³-hybridized carbons (Fsp3) is 0.286. The predicted octanol–water partition coefficient (Wildman–Crippen LogP) is 3.74. The lowest BCUT2D eigenvalue weighted by Crippen LogP contribution is -2.10. The molecule has 1 aromatic carbocycles. The van der Waals surface area contributed by atoms with Crippen molar-refractivity contribution in [3.05, 3.63) is 52.2 Å². The van der Waals surface area contributed by atoms with E-state index in [1.54, 1.807) is 11.3 Å². The molecule has 2 aromatic rings. The molecule has 0 aliphatic heterocycles. The van der Waals surface area contributed by atoms with Crippen LogP contribution in [-0.4, -0.2) is 0 Å². The Morgan fingerprint density at radius 3 is 2.76 bits per heavy atom. The average Bonchev–Trinajstić information content (AvgIpc) is 2.89. The summed E-state index contributed by atoms with van der Waals surface area (Å²) in [5.74, 6) is 0.898. The zero-order chi connectivity index (χ0) is 12.1. The summed E-state index contributed by atoms with van der Waals surface area (Å²) in [4.78, 5) is 1.23. The van der Waals surface area contributed by atoms with Crippen molar-refractivity contribution in [2.24, 2.45) is 5.73 Å². The highest BCUT2D eigenvalue weighted by Gasteiger charge is 2.09. The third kappa shape index (κ3) is 3.08. The largest absolute Gasteiger partial charge is 0.488 e. The minimum atomic E-state index is 0.0505. The number of rotatable bonds is 5. The minimum absolute atomic E-state index is 0.0505. The molecule has 0 spiro atoms. The number of hydrogen-bond donors (Lipinski definition) is 1. The summed E-state index contributed by atoms with van der Waals surface area (Å²) in [6, 6.07) is 12.2. The molecule has 3 heteroatoms. The molecule has 0 aliphatic rings. The van der Waals surface area contributed by atoms with Gasteiger partial charge in [-0.25, -0.2) is 0 Å². The summed E-state index contributed by atoms with van der Waals surface area (Å²) >= 11 is 1.71. The molecule has 2 N–H and O–H groups in total. The molecular weight excluding hydrogens is 230 g/mol. The van der Waals surface area contributed by atoms with Gasteiger partial charge in [-0.05, 0) is 23.9 Å². The van der Waals surface area contributed by atoms with Gasteiger partial charge in [-0.3, -0.25) is 0 Å². The number of thiophene rings is 1. The van der Waals surface area contributed by atoms with Crippen LogP contribution in [0.5, 0.6) is 5.75 Å². The standard InChI is InChI=1S/C14H17NOS/c1-2-13(15)12-7-3-4-8-14(12)16-10-11-6-5-9-17-11/h3-9,13H,2,10,15H2,1H3/t13-/m1/s1. The first-order valence-corrected chi connectivity index (χ1v) is 6.69. The van der Waals surface area contributed by atoms with Crippen LogP contribution in [-0.2, 0) is 6.61 Å². The highest BCUT2D eigenvalue weighted by atomic mass is 32.1. The average molecular weight is 247 g/mol.